The van der Waals surface area contributed by atoms with Crippen LogP contribution in [0.15, 0.2) is 42.5 Å². The van der Waals surface area contributed by atoms with Crippen LogP contribution < -0.4 is 5.32 Å². The Balaban J connectivity index is 1.67. The van der Waals surface area contributed by atoms with Gasteiger partial charge in [0, 0.05) is 12.0 Å². The highest BCUT2D eigenvalue weighted by molar-refractivity contribution is 6.39. The molecule has 0 aromatic heterocycles. The molecule has 0 unspecified atom stereocenters. The van der Waals surface area contributed by atoms with Crippen molar-refractivity contribution in [2.24, 2.45) is 0 Å². The molecule has 0 aliphatic heterocycles. The number of rotatable bonds is 6. The van der Waals surface area contributed by atoms with Crippen LogP contribution in [0, 0.1) is 17.5 Å². The van der Waals surface area contributed by atoms with E-state index >= 15 is 0 Å². The molecular weight excluding hydrogens is 490 g/mol. The Kier molecular flexibility index (Phi) is 6.86. The minimum atomic E-state index is -1.42. The maximum absolute atomic E-state index is 14.0. The normalized spacial score (nSPS) is 13.4. The number of carbonyl (C=O) groups is 2. The first-order chi connectivity index (χ1) is 16.2. The van der Waals surface area contributed by atoms with Crippen LogP contribution in [-0.4, -0.2) is 23.0 Å². The minimum absolute atomic E-state index is 0.0926. The van der Waals surface area contributed by atoms with Crippen LogP contribution in [0.2, 0.25) is 10.0 Å². The number of aliphatic carboxylic acids is 1. The van der Waals surface area contributed by atoms with Crippen LogP contribution in [0.5, 0.6) is 0 Å². The van der Waals surface area contributed by atoms with E-state index in [4.69, 9.17) is 23.2 Å². The van der Waals surface area contributed by atoms with E-state index in [1.807, 2.05) is 0 Å². The van der Waals surface area contributed by atoms with Gasteiger partial charge in [0.05, 0.1) is 10.0 Å². The summed E-state index contributed by atoms with van der Waals surface area (Å²) in [5.41, 5.74) is 2.88. The lowest BCUT2D eigenvalue weighted by Gasteiger charge is -2.19. The third kappa shape index (κ3) is 4.63. The molecule has 0 spiro atoms. The largest absolute Gasteiger partial charge is 0.480 e. The summed E-state index contributed by atoms with van der Waals surface area (Å²) >= 11 is 12.5. The second kappa shape index (κ2) is 9.68. The number of halogens is 5. The Bertz CT molecular complexity index is 1270. The molecule has 0 saturated carbocycles. The molecule has 0 radical (unpaired) electrons. The molecule has 1 amide bonds. The molecule has 0 fully saturated rings. The van der Waals surface area contributed by atoms with Crippen molar-refractivity contribution in [3.05, 3.63) is 92.2 Å². The number of benzene rings is 3. The molecule has 3 aromatic rings. The predicted molar refractivity (Wildman–Crippen MR) is 123 cm³/mol. The number of carboxylic acids is 1. The van der Waals surface area contributed by atoms with E-state index < -0.39 is 40.9 Å². The molecule has 1 aliphatic carbocycles. The second-order valence-corrected chi connectivity index (χ2v) is 8.81. The lowest BCUT2D eigenvalue weighted by molar-refractivity contribution is -0.139. The van der Waals surface area contributed by atoms with E-state index in [0.717, 1.165) is 41.3 Å². The Morgan fingerprint density at radius 1 is 0.971 bits per heavy atom. The smallest absolute Gasteiger partial charge is 0.326 e. The predicted octanol–water partition coefficient (Wildman–Crippen LogP) is 5.99. The van der Waals surface area contributed by atoms with Gasteiger partial charge in [-0.15, -0.1) is 0 Å². The highest BCUT2D eigenvalue weighted by atomic mass is 35.5. The van der Waals surface area contributed by atoms with Gasteiger partial charge < -0.3 is 10.4 Å². The highest BCUT2D eigenvalue weighted by Crippen LogP contribution is 2.41. The molecule has 0 saturated heterocycles. The van der Waals surface area contributed by atoms with Gasteiger partial charge in [-0.2, -0.15) is 0 Å². The lowest BCUT2D eigenvalue weighted by Crippen LogP contribution is -2.43. The van der Waals surface area contributed by atoms with Gasteiger partial charge in [0.1, 0.15) is 29.1 Å². The zero-order valence-electron chi connectivity index (χ0n) is 17.6. The third-order valence-corrected chi connectivity index (χ3v) is 6.47. The number of carbonyl (C=O) groups excluding carboxylic acids is 1. The van der Waals surface area contributed by atoms with Crippen LogP contribution >= 0.6 is 23.2 Å². The highest BCUT2D eigenvalue weighted by Gasteiger charge is 2.28. The van der Waals surface area contributed by atoms with E-state index in [0.29, 0.717) is 24.0 Å². The van der Waals surface area contributed by atoms with Crippen molar-refractivity contribution in [3.8, 4) is 11.1 Å². The van der Waals surface area contributed by atoms with Crippen molar-refractivity contribution in [1.82, 2.24) is 5.32 Å². The Labute approximate surface area is 203 Å². The Hall–Kier alpha value is -3.03. The zero-order valence-corrected chi connectivity index (χ0v) is 19.1. The zero-order chi connectivity index (χ0) is 24.6. The van der Waals surface area contributed by atoms with Crippen LogP contribution in [0.3, 0.4) is 0 Å². The van der Waals surface area contributed by atoms with Gasteiger partial charge in [-0.3, -0.25) is 4.79 Å². The van der Waals surface area contributed by atoms with Crippen molar-refractivity contribution in [2.45, 2.75) is 31.7 Å². The van der Waals surface area contributed by atoms with Gasteiger partial charge in [-0.1, -0.05) is 41.4 Å². The fraction of sp³-hybridized carbons (Fsp3) is 0.200. The number of fused-ring (bicyclic) bond motifs is 1. The van der Waals surface area contributed by atoms with Crippen molar-refractivity contribution >= 4 is 35.1 Å². The first kappa shape index (κ1) is 24.1. The quantitative estimate of drug-likeness (QED) is 0.430. The van der Waals surface area contributed by atoms with Crippen LogP contribution in [0.4, 0.5) is 13.2 Å². The van der Waals surface area contributed by atoms with Gasteiger partial charge in [0.15, 0.2) is 0 Å². The summed E-state index contributed by atoms with van der Waals surface area (Å²) in [4.78, 5) is 24.3. The summed E-state index contributed by atoms with van der Waals surface area (Å²) in [6.07, 6.45) is 2.06. The van der Waals surface area contributed by atoms with E-state index in [2.05, 4.69) is 5.32 Å². The van der Waals surface area contributed by atoms with E-state index in [1.54, 1.807) is 12.1 Å². The lowest BCUT2D eigenvalue weighted by atomic mass is 9.91. The van der Waals surface area contributed by atoms with Gasteiger partial charge in [-0.25, -0.2) is 18.0 Å². The summed E-state index contributed by atoms with van der Waals surface area (Å²) in [5, 5.41) is 12.2. The monoisotopic (exact) mass is 507 g/mol. The molecule has 9 heteroatoms. The van der Waals surface area contributed by atoms with Gasteiger partial charge in [0.25, 0.3) is 5.91 Å². The molecule has 34 heavy (non-hydrogen) atoms. The number of amides is 1. The van der Waals surface area contributed by atoms with Gasteiger partial charge in [-0.05, 0) is 65.8 Å². The standard InChI is InChI=1S/C25H18Cl2F3NO3/c26-17-10-13(28)11-18(27)22(17)16-8-7-12(14-3-1-4-15(14)16)9-21(25(33)34)31-24(32)23-19(29)5-2-6-20(23)30/h2,5-8,10-11,21H,1,3-4,9H2,(H,31,32)(H,33,34)/t21-/m0/s1. The van der Waals surface area contributed by atoms with Crippen LogP contribution in [0.1, 0.15) is 33.5 Å². The molecule has 176 valence electrons. The summed E-state index contributed by atoms with van der Waals surface area (Å²) in [6, 6.07) is 7.34. The average molecular weight is 508 g/mol. The van der Waals surface area contributed by atoms with Crippen LogP contribution in [-0.2, 0) is 24.1 Å². The summed E-state index contributed by atoms with van der Waals surface area (Å²) in [6.45, 7) is 0. The number of hydrogen-bond acceptors (Lipinski definition) is 2. The Morgan fingerprint density at radius 3 is 2.21 bits per heavy atom. The SMILES string of the molecule is O=C(N[C@@H](Cc1ccc(-c2c(Cl)cc(F)cc2Cl)c2c1CCC2)C(=O)O)c1c(F)cccc1F. The van der Waals surface area contributed by atoms with Crippen molar-refractivity contribution in [3.63, 3.8) is 0 Å². The van der Waals surface area contributed by atoms with Crippen molar-refractivity contribution < 1.29 is 27.9 Å². The molecule has 0 bridgehead atoms. The number of nitrogens with one attached hydrogen (secondary N) is 1. The maximum atomic E-state index is 14.0. The number of hydrogen-bond donors (Lipinski definition) is 2. The molecule has 1 atom stereocenters. The third-order valence-electron chi connectivity index (χ3n) is 5.88. The summed E-state index contributed by atoms with van der Waals surface area (Å²) in [5.74, 6) is -5.22. The molecule has 4 rings (SSSR count). The maximum Gasteiger partial charge on any atom is 0.326 e. The van der Waals surface area contributed by atoms with Crippen molar-refractivity contribution in [2.75, 3.05) is 0 Å². The average Bonchev–Trinajstić information content (AvgIpc) is 3.24. The molecule has 3 aromatic carbocycles. The van der Waals surface area contributed by atoms with Gasteiger partial charge >= 0.3 is 5.97 Å². The second-order valence-electron chi connectivity index (χ2n) is 7.99. The fourth-order valence-corrected chi connectivity index (χ4v) is 5.03. The first-order valence-corrected chi connectivity index (χ1v) is 11.2. The summed E-state index contributed by atoms with van der Waals surface area (Å²) in [7, 11) is 0. The topological polar surface area (TPSA) is 66.4 Å². The molecule has 2 N–H and O–H groups in total. The minimum Gasteiger partial charge on any atom is -0.480 e. The van der Waals surface area contributed by atoms with E-state index in [1.165, 1.54) is 12.1 Å². The Morgan fingerprint density at radius 2 is 1.59 bits per heavy atom. The molecular formula is C25H18Cl2F3NO3. The van der Waals surface area contributed by atoms with Crippen molar-refractivity contribution in [1.29, 1.82) is 0 Å². The van der Waals surface area contributed by atoms with E-state index in [9.17, 15) is 27.9 Å². The first-order valence-electron chi connectivity index (χ1n) is 10.4. The molecule has 1 aliphatic rings. The summed E-state index contributed by atoms with van der Waals surface area (Å²) < 4.78 is 41.6. The molecule has 0 heterocycles. The van der Waals surface area contributed by atoms with Crippen LogP contribution in [0.25, 0.3) is 11.1 Å². The number of carboxylic acid groups (broad SMARTS) is 1. The fourth-order valence-electron chi connectivity index (χ4n) is 4.37. The van der Waals surface area contributed by atoms with Gasteiger partial charge in [0.2, 0.25) is 0 Å². The van der Waals surface area contributed by atoms with E-state index in [-0.39, 0.29) is 16.5 Å². The molecule has 4 nitrogen and oxygen atoms in total.